The number of hydroxylamine groups is 1. The lowest BCUT2D eigenvalue weighted by Crippen LogP contribution is -2.36. The van der Waals surface area contributed by atoms with Crippen molar-refractivity contribution in [2.75, 3.05) is 13.2 Å². The Labute approximate surface area is 97.7 Å². The van der Waals surface area contributed by atoms with Crippen LogP contribution in [-0.4, -0.2) is 18.8 Å². The van der Waals surface area contributed by atoms with E-state index in [1.807, 2.05) is 30.3 Å². The minimum Gasteiger partial charge on any atom is -0.494 e. The average molecular weight is 223 g/mol. The molecule has 0 unspecified atom stereocenters. The number of benzene rings is 1. The lowest BCUT2D eigenvalue weighted by molar-refractivity contribution is -0.0104. The number of nitrogens with one attached hydrogen (secondary N) is 1. The molecule has 0 saturated carbocycles. The molecule has 1 aromatic carbocycles. The summed E-state index contributed by atoms with van der Waals surface area (Å²) in [5.74, 6) is 0.909. The standard InChI is InChI=1S/C13H21NO2/c1-13(2,3)14-16-11-7-10-15-12-8-5-4-6-9-12/h4-6,8-9,14H,7,10-11H2,1-3H3. The molecule has 0 atom stereocenters. The smallest absolute Gasteiger partial charge is 0.119 e. The van der Waals surface area contributed by atoms with Crippen LogP contribution in [0.2, 0.25) is 0 Å². The molecule has 16 heavy (non-hydrogen) atoms. The van der Waals surface area contributed by atoms with Gasteiger partial charge in [0.2, 0.25) is 0 Å². The molecule has 1 aromatic rings. The van der Waals surface area contributed by atoms with Crippen LogP contribution < -0.4 is 10.2 Å². The number of rotatable bonds is 6. The number of hydrogen-bond acceptors (Lipinski definition) is 3. The molecule has 0 aliphatic heterocycles. The van der Waals surface area contributed by atoms with Crippen LogP contribution in [0.5, 0.6) is 5.75 Å². The maximum atomic E-state index is 5.53. The van der Waals surface area contributed by atoms with Gasteiger partial charge in [0.15, 0.2) is 0 Å². The molecule has 0 saturated heterocycles. The first-order valence-corrected chi connectivity index (χ1v) is 5.65. The molecule has 1 N–H and O–H groups in total. The van der Waals surface area contributed by atoms with Gasteiger partial charge in [0.05, 0.1) is 13.2 Å². The highest BCUT2D eigenvalue weighted by Crippen LogP contribution is 2.08. The minimum atomic E-state index is 0.000285. The summed E-state index contributed by atoms with van der Waals surface area (Å²) in [6.45, 7) is 7.52. The predicted molar refractivity (Wildman–Crippen MR) is 65.4 cm³/mol. The Balaban J connectivity index is 2.01. The van der Waals surface area contributed by atoms with Gasteiger partial charge in [0, 0.05) is 12.0 Å². The monoisotopic (exact) mass is 223 g/mol. The summed E-state index contributed by atoms with van der Waals surface area (Å²) in [6.07, 6.45) is 0.873. The van der Waals surface area contributed by atoms with Crippen molar-refractivity contribution in [2.45, 2.75) is 32.7 Å². The molecule has 0 fully saturated rings. The van der Waals surface area contributed by atoms with E-state index in [2.05, 4.69) is 26.3 Å². The summed E-state index contributed by atoms with van der Waals surface area (Å²) in [5, 5.41) is 0. The predicted octanol–water partition coefficient (Wildman–Crippen LogP) is 2.78. The summed E-state index contributed by atoms with van der Waals surface area (Å²) in [4.78, 5) is 5.31. The van der Waals surface area contributed by atoms with Crippen LogP contribution in [0.15, 0.2) is 30.3 Å². The van der Waals surface area contributed by atoms with E-state index in [0.29, 0.717) is 13.2 Å². The molecule has 0 spiro atoms. The zero-order valence-corrected chi connectivity index (χ0v) is 10.3. The van der Waals surface area contributed by atoms with E-state index in [0.717, 1.165) is 12.2 Å². The van der Waals surface area contributed by atoms with Gasteiger partial charge in [-0.25, -0.2) is 0 Å². The van der Waals surface area contributed by atoms with Crippen LogP contribution in [0, 0.1) is 0 Å². The Morgan fingerprint density at radius 1 is 1.06 bits per heavy atom. The molecular formula is C13H21NO2. The van der Waals surface area contributed by atoms with Crippen molar-refractivity contribution >= 4 is 0 Å². The molecule has 0 aliphatic carbocycles. The highest BCUT2D eigenvalue weighted by molar-refractivity contribution is 5.20. The topological polar surface area (TPSA) is 30.5 Å². The van der Waals surface area contributed by atoms with E-state index in [1.165, 1.54) is 0 Å². The Bertz CT molecular complexity index is 280. The normalized spacial score (nSPS) is 11.4. The average Bonchev–Trinajstić information content (AvgIpc) is 2.23. The van der Waals surface area contributed by atoms with Gasteiger partial charge in [-0.05, 0) is 32.9 Å². The molecule has 0 aromatic heterocycles. The van der Waals surface area contributed by atoms with E-state index >= 15 is 0 Å². The van der Waals surface area contributed by atoms with Crippen LogP contribution in [0.25, 0.3) is 0 Å². The molecule has 90 valence electrons. The second-order valence-corrected chi connectivity index (χ2v) is 4.72. The van der Waals surface area contributed by atoms with Crippen LogP contribution in [-0.2, 0) is 4.84 Å². The molecule has 0 radical (unpaired) electrons. The second kappa shape index (κ2) is 6.51. The molecule has 1 rings (SSSR count). The molecule has 0 bridgehead atoms. The fraction of sp³-hybridized carbons (Fsp3) is 0.538. The minimum absolute atomic E-state index is 0.000285. The summed E-state index contributed by atoms with van der Waals surface area (Å²) < 4.78 is 5.53. The number of hydrogen-bond donors (Lipinski definition) is 1. The van der Waals surface area contributed by atoms with Crippen molar-refractivity contribution in [3.63, 3.8) is 0 Å². The molecule has 3 heteroatoms. The first kappa shape index (κ1) is 13.0. The van der Waals surface area contributed by atoms with E-state index in [1.54, 1.807) is 0 Å². The van der Waals surface area contributed by atoms with Gasteiger partial charge in [-0.3, -0.25) is 0 Å². The summed E-state index contributed by atoms with van der Waals surface area (Å²) in [7, 11) is 0. The van der Waals surface area contributed by atoms with Crippen LogP contribution in [0.3, 0.4) is 0 Å². The zero-order valence-electron chi connectivity index (χ0n) is 10.3. The van der Waals surface area contributed by atoms with Gasteiger partial charge < -0.3 is 9.57 Å². The quantitative estimate of drug-likeness (QED) is 0.594. The van der Waals surface area contributed by atoms with Crippen molar-refractivity contribution in [2.24, 2.45) is 0 Å². The molecule has 0 aliphatic rings. The zero-order chi connectivity index (χ0) is 11.9. The third-order valence-electron chi connectivity index (χ3n) is 1.78. The highest BCUT2D eigenvalue weighted by Gasteiger charge is 2.07. The van der Waals surface area contributed by atoms with Crippen LogP contribution in [0.1, 0.15) is 27.2 Å². The van der Waals surface area contributed by atoms with Crippen LogP contribution in [0.4, 0.5) is 0 Å². The van der Waals surface area contributed by atoms with E-state index in [9.17, 15) is 0 Å². The summed E-state index contributed by atoms with van der Waals surface area (Å²) in [6, 6.07) is 9.81. The largest absolute Gasteiger partial charge is 0.494 e. The Kier molecular flexibility index (Phi) is 5.29. The highest BCUT2D eigenvalue weighted by atomic mass is 16.6. The maximum absolute atomic E-state index is 5.53. The third kappa shape index (κ3) is 6.43. The van der Waals surface area contributed by atoms with Crippen molar-refractivity contribution in [1.82, 2.24) is 5.48 Å². The van der Waals surface area contributed by atoms with Gasteiger partial charge in [-0.1, -0.05) is 18.2 Å². The van der Waals surface area contributed by atoms with E-state index < -0.39 is 0 Å². The maximum Gasteiger partial charge on any atom is 0.119 e. The second-order valence-electron chi connectivity index (χ2n) is 4.72. The molecule has 0 amide bonds. The summed E-state index contributed by atoms with van der Waals surface area (Å²) in [5.41, 5.74) is 2.97. The first-order valence-electron chi connectivity index (χ1n) is 5.65. The first-order chi connectivity index (χ1) is 7.58. The Hall–Kier alpha value is -1.06. The molecular weight excluding hydrogens is 202 g/mol. The van der Waals surface area contributed by atoms with Gasteiger partial charge in [-0.15, -0.1) is 0 Å². The van der Waals surface area contributed by atoms with Crippen LogP contribution >= 0.6 is 0 Å². The van der Waals surface area contributed by atoms with E-state index in [4.69, 9.17) is 9.57 Å². The molecule has 0 heterocycles. The fourth-order valence-electron chi connectivity index (χ4n) is 1.11. The van der Waals surface area contributed by atoms with Gasteiger partial charge in [0.25, 0.3) is 0 Å². The van der Waals surface area contributed by atoms with Crippen molar-refractivity contribution in [3.8, 4) is 5.75 Å². The summed E-state index contributed by atoms with van der Waals surface area (Å²) >= 11 is 0. The SMILES string of the molecule is CC(C)(C)NOCCCOc1ccccc1. The van der Waals surface area contributed by atoms with Gasteiger partial charge in [0.1, 0.15) is 5.75 Å². The molecule has 3 nitrogen and oxygen atoms in total. The van der Waals surface area contributed by atoms with Crippen molar-refractivity contribution < 1.29 is 9.57 Å². The lowest BCUT2D eigenvalue weighted by Gasteiger charge is -2.19. The van der Waals surface area contributed by atoms with Crippen molar-refractivity contribution in [3.05, 3.63) is 30.3 Å². The Morgan fingerprint density at radius 2 is 1.75 bits per heavy atom. The van der Waals surface area contributed by atoms with Gasteiger partial charge >= 0.3 is 0 Å². The number of para-hydroxylation sites is 1. The third-order valence-corrected chi connectivity index (χ3v) is 1.78. The van der Waals surface area contributed by atoms with Gasteiger partial charge in [-0.2, -0.15) is 5.48 Å². The lowest BCUT2D eigenvalue weighted by atomic mass is 10.1. The number of ether oxygens (including phenoxy) is 1. The fourth-order valence-corrected chi connectivity index (χ4v) is 1.11. The van der Waals surface area contributed by atoms with E-state index in [-0.39, 0.29) is 5.54 Å². The Morgan fingerprint density at radius 3 is 2.38 bits per heavy atom. The van der Waals surface area contributed by atoms with Crippen molar-refractivity contribution in [1.29, 1.82) is 0 Å².